The second-order valence-electron chi connectivity index (χ2n) is 7.62. The number of carbonyl (C=O) groups excluding carboxylic acids is 2. The fourth-order valence-electron chi connectivity index (χ4n) is 3.66. The normalized spacial score (nSPS) is 12.1. The quantitative estimate of drug-likeness (QED) is 0.280. The maximum atomic E-state index is 13.6. The molecular formula is C22H18F2N6O4S. The molecule has 0 radical (unpaired) electrons. The van der Waals surface area contributed by atoms with E-state index < -0.39 is 40.7 Å². The molecule has 0 saturated carbocycles. The van der Waals surface area contributed by atoms with E-state index >= 15 is 0 Å². The van der Waals surface area contributed by atoms with Gasteiger partial charge in [-0.2, -0.15) is 4.68 Å². The van der Waals surface area contributed by atoms with Gasteiger partial charge in [-0.3, -0.25) is 9.59 Å². The number of nitrogens with one attached hydrogen (secondary N) is 1. The summed E-state index contributed by atoms with van der Waals surface area (Å²) in [7, 11) is 0. The van der Waals surface area contributed by atoms with Crippen molar-refractivity contribution in [1.29, 1.82) is 0 Å². The predicted molar refractivity (Wildman–Crippen MR) is 125 cm³/mol. The van der Waals surface area contributed by atoms with Crippen molar-refractivity contribution in [3.05, 3.63) is 68.8 Å². The van der Waals surface area contributed by atoms with Crippen LogP contribution in [0.15, 0.2) is 42.5 Å². The van der Waals surface area contributed by atoms with Crippen LogP contribution in [0.3, 0.4) is 0 Å². The highest BCUT2D eigenvalue weighted by atomic mass is 32.1. The van der Waals surface area contributed by atoms with Crippen molar-refractivity contribution in [2.75, 3.05) is 5.32 Å². The molecule has 0 aliphatic rings. The van der Waals surface area contributed by atoms with Crippen LogP contribution in [-0.4, -0.2) is 31.5 Å². The average Bonchev–Trinajstić information content (AvgIpc) is 3.39. The lowest BCUT2D eigenvalue weighted by molar-refractivity contribution is -0.389. The number of benzene rings is 1. The number of anilines is 1. The van der Waals surface area contributed by atoms with Crippen molar-refractivity contribution in [1.82, 2.24) is 14.8 Å². The molecule has 10 nitrogen and oxygen atoms in total. The third-order valence-corrected chi connectivity index (χ3v) is 6.40. The maximum Gasteiger partial charge on any atom is 0.390 e. The number of thiophene rings is 1. The zero-order chi connectivity index (χ0) is 25.4. The lowest BCUT2D eigenvalue weighted by Crippen LogP contribution is -2.26. The van der Waals surface area contributed by atoms with Gasteiger partial charge in [0.15, 0.2) is 0 Å². The molecule has 1 aromatic carbocycles. The molecule has 2 amide bonds. The largest absolute Gasteiger partial charge is 0.390 e. The molecule has 0 aliphatic heterocycles. The molecule has 1 unspecified atom stereocenters. The van der Waals surface area contributed by atoms with Crippen LogP contribution >= 0.6 is 11.3 Å². The summed E-state index contributed by atoms with van der Waals surface area (Å²) in [5, 5.41) is 17.8. The fraction of sp³-hybridized carbons (Fsp3) is 0.182. The summed E-state index contributed by atoms with van der Waals surface area (Å²) in [5.74, 6) is -1.94. The maximum absolute atomic E-state index is 13.6. The highest BCUT2D eigenvalue weighted by molar-refractivity contribution is 7.21. The SMILES string of the molecule is Cc1cc([N+](=O)[O-])nn1C(C)C(=O)Nc1c(C(N)=O)sc2nc(C(F)F)cc(-c3ccccc3)c12. The number of aryl methyl sites for hydroxylation is 1. The molecule has 3 heterocycles. The Morgan fingerprint density at radius 3 is 2.49 bits per heavy atom. The number of nitro groups is 1. The Labute approximate surface area is 200 Å². The van der Waals surface area contributed by atoms with Crippen LogP contribution in [0.4, 0.5) is 20.3 Å². The summed E-state index contributed by atoms with van der Waals surface area (Å²) < 4.78 is 28.3. The van der Waals surface area contributed by atoms with Gasteiger partial charge in [-0.05, 0) is 36.0 Å². The average molecular weight is 500 g/mol. The zero-order valence-electron chi connectivity index (χ0n) is 18.4. The van der Waals surface area contributed by atoms with E-state index in [0.717, 1.165) is 11.3 Å². The number of nitrogens with two attached hydrogens (primary N) is 1. The van der Waals surface area contributed by atoms with E-state index in [4.69, 9.17) is 5.73 Å². The number of fused-ring (bicyclic) bond motifs is 1. The van der Waals surface area contributed by atoms with Gasteiger partial charge < -0.3 is 21.2 Å². The highest BCUT2D eigenvalue weighted by Gasteiger charge is 2.29. The zero-order valence-corrected chi connectivity index (χ0v) is 19.2. The molecule has 0 saturated heterocycles. The molecule has 1 atom stereocenters. The van der Waals surface area contributed by atoms with Gasteiger partial charge in [0.05, 0.1) is 22.5 Å². The lowest BCUT2D eigenvalue weighted by atomic mass is 10.0. The van der Waals surface area contributed by atoms with Gasteiger partial charge in [-0.15, -0.1) is 11.3 Å². The van der Waals surface area contributed by atoms with Gasteiger partial charge in [-0.1, -0.05) is 30.3 Å². The number of halogens is 2. The highest BCUT2D eigenvalue weighted by Crippen LogP contribution is 2.42. The molecule has 3 aromatic heterocycles. The summed E-state index contributed by atoms with van der Waals surface area (Å²) in [6.07, 6.45) is -2.86. The molecule has 0 bridgehead atoms. The Balaban J connectivity index is 1.86. The smallest absolute Gasteiger partial charge is 0.365 e. The number of aromatic nitrogens is 3. The first-order valence-electron chi connectivity index (χ1n) is 10.2. The Bertz CT molecular complexity index is 1470. The molecule has 0 spiro atoms. The number of nitrogens with zero attached hydrogens (tertiary/aromatic N) is 4. The number of alkyl halides is 2. The number of carbonyl (C=O) groups is 2. The Kier molecular flexibility index (Phi) is 6.26. The second kappa shape index (κ2) is 9.18. The Morgan fingerprint density at radius 1 is 1.23 bits per heavy atom. The fourth-order valence-corrected chi connectivity index (χ4v) is 4.67. The van der Waals surface area contributed by atoms with Crippen molar-refractivity contribution in [2.45, 2.75) is 26.3 Å². The van der Waals surface area contributed by atoms with Crippen molar-refractivity contribution in [3.8, 4) is 11.1 Å². The first-order chi connectivity index (χ1) is 16.6. The number of amides is 2. The van der Waals surface area contributed by atoms with E-state index in [9.17, 15) is 28.5 Å². The Morgan fingerprint density at radius 2 is 1.91 bits per heavy atom. The summed E-state index contributed by atoms with van der Waals surface area (Å²) in [6, 6.07) is 10.0. The second-order valence-corrected chi connectivity index (χ2v) is 8.62. The van der Waals surface area contributed by atoms with Crippen LogP contribution in [0.25, 0.3) is 21.3 Å². The minimum atomic E-state index is -2.86. The van der Waals surface area contributed by atoms with Gasteiger partial charge in [-0.25, -0.2) is 13.8 Å². The van der Waals surface area contributed by atoms with Gasteiger partial charge in [0.25, 0.3) is 18.2 Å². The molecule has 35 heavy (non-hydrogen) atoms. The number of hydrogen-bond acceptors (Lipinski definition) is 7. The summed E-state index contributed by atoms with van der Waals surface area (Å²) >= 11 is 0.788. The molecular weight excluding hydrogens is 482 g/mol. The predicted octanol–water partition coefficient (Wildman–Crippen LogP) is 4.61. The van der Waals surface area contributed by atoms with E-state index in [1.807, 2.05) is 0 Å². The molecule has 180 valence electrons. The molecule has 4 rings (SSSR count). The van der Waals surface area contributed by atoms with Crippen LogP contribution in [-0.2, 0) is 4.79 Å². The van der Waals surface area contributed by atoms with E-state index in [2.05, 4.69) is 15.4 Å². The van der Waals surface area contributed by atoms with Crippen molar-refractivity contribution in [3.63, 3.8) is 0 Å². The van der Waals surface area contributed by atoms with Gasteiger partial charge in [0, 0.05) is 5.39 Å². The first kappa shape index (κ1) is 23.9. The van der Waals surface area contributed by atoms with E-state index in [0.29, 0.717) is 16.8 Å². The number of primary amides is 1. The molecule has 0 aliphatic carbocycles. The van der Waals surface area contributed by atoms with Crippen LogP contribution in [0.5, 0.6) is 0 Å². The third kappa shape index (κ3) is 4.45. The van der Waals surface area contributed by atoms with E-state index in [1.54, 1.807) is 37.3 Å². The minimum absolute atomic E-state index is 0.0285. The molecule has 4 aromatic rings. The van der Waals surface area contributed by atoms with Crippen molar-refractivity contribution >= 4 is 44.9 Å². The van der Waals surface area contributed by atoms with E-state index in [-0.39, 0.29) is 20.8 Å². The van der Waals surface area contributed by atoms with Gasteiger partial charge in [0.1, 0.15) is 21.4 Å². The lowest BCUT2D eigenvalue weighted by Gasteiger charge is -2.14. The molecule has 0 fully saturated rings. The standard InChI is InChI=1S/C22H18F2N6O4S/c1-10-8-15(30(33)34)28-29(10)11(2)21(32)27-17-16-13(12-6-4-3-5-7-12)9-14(19(23)24)26-22(16)35-18(17)20(25)31/h3-9,11,19H,1-2H3,(H2,25,31)(H,27,32). The number of hydrogen-bond donors (Lipinski definition) is 2. The van der Waals surface area contributed by atoms with Crippen molar-refractivity contribution < 1.29 is 23.3 Å². The minimum Gasteiger partial charge on any atom is -0.365 e. The molecule has 13 heteroatoms. The van der Waals surface area contributed by atoms with Gasteiger partial charge in [0.2, 0.25) is 0 Å². The van der Waals surface area contributed by atoms with Crippen molar-refractivity contribution in [2.24, 2.45) is 5.73 Å². The monoisotopic (exact) mass is 500 g/mol. The topological polar surface area (TPSA) is 146 Å². The van der Waals surface area contributed by atoms with Crippen LogP contribution in [0.1, 0.15) is 40.5 Å². The first-order valence-corrected chi connectivity index (χ1v) is 11.0. The van der Waals surface area contributed by atoms with Crippen LogP contribution in [0.2, 0.25) is 0 Å². The number of rotatable bonds is 7. The summed E-state index contributed by atoms with van der Waals surface area (Å²) in [4.78, 5) is 39.8. The summed E-state index contributed by atoms with van der Waals surface area (Å²) in [6.45, 7) is 3.03. The Hall–Kier alpha value is -4.26. The van der Waals surface area contributed by atoms with Crippen LogP contribution < -0.4 is 11.1 Å². The third-order valence-electron chi connectivity index (χ3n) is 5.31. The van der Waals surface area contributed by atoms with Gasteiger partial charge >= 0.3 is 5.82 Å². The van der Waals surface area contributed by atoms with Crippen LogP contribution in [0, 0.1) is 17.0 Å². The summed E-state index contributed by atoms with van der Waals surface area (Å²) in [5.41, 5.74) is 6.36. The van der Waals surface area contributed by atoms with E-state index in [1.165, 1.54) is 23.7 Å². The molecule has 3 N–H and O–H groups in total. The number of pyridine rings is 1.